The van der Waals surface area contributed by atoms with Crippen molar-refractivity contribution in [2.45, 2.75) is 50.9 Å². The van der Waals surface area contributed by atoms with Crippen LogP contribution in [0.25, 0.3) is 0 Å². The van der Waals surface area contributed by atoms with Crippen molar-refractivity contribution in [1.29, 1.82) is 0 Å². The molecule has 0 aromatic carbocycles. The Morgan fingerprint density at radius 1 is 0.731 bits per heavy atom. The number of likely N-dealkylation sites (N-methyl/N-ethyl adjacent to an activating group) is 1. The van der Waals surface area contributed by atoms with Crippen LogP contribution in [0.15, 0.2) is 0 Å². The fraction of sp³-hybridized carbons (Fsp3) is 0.882. The van der Waals surface area contributed by atoms with Crippen LogP contribution in [-0.2, 0) is 14.2 Å². The van der Waals surface area contributed by atoms with Crippen molar-refractivity contribution in [2.24, 2.45) is 0 Å². The first kappa shape index (κ1) is 20.7. The van der Waals surface area contributed by atoms with E-state index >= 15 is 0 Å². The number of fused-ring (bicyclic) bond motifs is 1. The van der Waals surface area contributed by atoms with Gasteiger partial charge in [-0.1, -0.05) is 26.7 Å². The molecule has 0 radical (unpaired) electrons. The van der Waals surface area contributed by atoms with Crippen LogP contribution in [0.5, 0.6) is 0 Å². The third kappa shape index (κ3) is 2.48. The number of urea groups is 2. The van der Waals surface area contributed by atoms with Gasteiger partial charge in [-0.3, -0.25) is 14.7 Å². The van der Waals surface area contributed by atoms with Crippen LogP contribution in [0, 0.1) is 0 Å². The predicted octanol–water partition coefficient (Wildman–Crippen LogP) is 1.90. The highest BCUT2D eigenvalue weighted by atomic mass is 16.5. The number of nitrogens with zero attached hydrogens (tertiary/aromatic N) is 4. The van der Waals surface area contributed by atoms with E-state index in [-0.39, 0.29) is 32.3 Å². The normalized spacial score (nSPS) is 28.5. The summed E-state index contributed by atoms with van der Waals surface area (Å²) in [6.45, 7) is 4.39. The van der Waals surface area contributed by atoms with Gasteiger partial charge in [-0.2, -0.15) is 0 Å². The highest BCUT2D eigenvalue weighted by molar-refractivity contribution is 5.88. The first-order valence-corrected chi connectivity index (χ1v) is 9.06. The molecule has 2 rings (SSSR count). The zero-order chi connectivity index (χ0) is 19.5. The Morgan fingerprint density at radius 3 is 1.54 bits per heavy atom. The van der Waals surface area contributed by atoms with Gasteiger partial charge in [0.15, 0.2) is 11.3 Å². The molecule has 2 saturated heterocycles. The zero-order valence-corrected chi connectivity index (χ0v) is 16.8. The molecule has 2 fully saturated rings. The second kappa shape index (κ2) is 7.98. The Labute approximate surface area is 155 Å². The number of carbonyl (C=O) groups is 2. The van der Waals surface area contributed by atoms with Gasteiger partial charge in [-0.15, -0.1) is 0 Å². The van der Waals surface area contributed by atoms with E-state index in [4.69, 9.17) is 14.2 Å². The maximum atomic E-state index is 13.3. The molecule has 2 aliphatic heterocycles. The number of hydrogen-bond donors (Lipinski definition) is 0. The number of hydrogen-bond acceptors (Lipinski definition) is 5. The molecule has 26 heavy (non-hydrogen) atoms. The summed E-state index contributed by atoms with van der Waals surface area (Å²) in [5, 5.41) is 0. The predicted molar refractivity (Wildman–Crippen MR) is 95.0 cm³/mol. The van der Waals surface area contributed by atoms with Gasteiger partial charge < -0.3 is 19.1 Å². The fourth-order valence-electron chi connectivity index (χ4n) is 4.75. The molecule has 0 aromatic rings. The lowest BCUT2D eigenvalue weighted by atomic mass is 9.84. The number of amides is 4. The first-order chi connectivity index (χ1) is 12.4. The van der Waals surface area contributed by atoms with Crippen LogP contribution in [-0.4, -0.2) is 91.6 Å². The van der Waals surface area contributed by atoms with Gasteiger partial charge >= 0.3 is 12.1 Å². The van der Waals surface area contributed by atoms with Crippen molar-refractivity contribution in [3.8, 4) is 0 Å². The van der Waals surface area contributed by atoms with Crippen molar-refractivity contribution in [2.75, 3.05) is 48.6 Å². The van der Waals surface area contributed by atoms with Crippen LogP contribution in [0.3, 0.4) is 0 Å². The van der Waals surface area contributed by atoms with Gasteiger partial charge in [-0.05, 0) is 12.8 Å². The molecule has 0 spiro atoms. The van der Waals surface area contributed by atoms with Crippen molar-refractivity contribution in [1.82, 2.24) is 19.6 Å². The largest absolute Gasteiger partial charge is 0.364 e. The smallest absolute Gasteiger partial charge is 0.327 e. The molecular weight excluding hydrogens is 340 g/mol. The summed E-state index contributed by atoms with van der Waals surface area (Å²) in [5.41, 5.74) is -1.73. The highest BCUT2D eigenvalue weighted by Gasteiger charge is 2.76. The van der Waals surface area contributed by atoms with E-state index < -0.39 is 11.3 Å². The Morgan fingerprint density at radius 2 is 1.12 bits per heavy atom. The van der Waals surface area contributed by atoms with Gasteiger partial charge in [0.2, 0.25) is 0 Å². The molecular formula is C17H32N4O5. The Hall–Kier alpha value is -1.58. The van der Waals surface area contributed by atoms with Crippen molar-refractivity contribution < 1.29 is 23.8 Å². The SMILES string of the molecule is CCCC12N(C)C(=O)N(COC)C1(CCC)N(COC)C(=O)N2COC. The van der Waals surface area contributed by atoms with E-state index in [1.165, 1.54) is 0 Å². The van der Waals surface area contributed by atoms with E-state index in [9.17, 15) is 9.59 Å². The number of carbonyl (C=O) groups excluding carboxylic acids is 2. The Bertz CT molecular complexity index is 529. The number of rotatable bonds is 10. The second-order valence-corrected chi connectivity index (χ2v) is 6.79. The summed E-state index contributed by atoms with van der Waals surface area (Å²) in [4.78, 5) is 33.2. The van der Waals surface area contributed by atoms with E-state index in [0.29, 0.717) is 12.8 Å². The van der Waals surface area contributed by atoms with Crippen LogP contribution in [0.4, 0.5) is 9.59 Å². The molecule has 2 unspecified atom stereocenters. The fourth-order valence-corrected chi connectivity index (χ4v) is 4.75. The topological polar surface area (TPSA) is 74.8 Å². The van der Waals surface area contributed by atoms with Crippen LogP contribution >= 0.6 is 0 Å². The molecule has 4 amide bonds. The monoisotopic (exact) mass is 372 g/mol. The van der Waals surface area contributed by atoms with Gasteiger partial charge in [0.05, 0.1) is 0 Å². The van der Waals surface area contributed by atoms with E-state index in [0.717, 1.165) is 12.8 Å². The van der Waals surface area contributed by atoms with Gasteiger partial charge in [0, 0.05) is 28.4 Å². The molecule has 9 heteroatoms. The van der Waals surface area contributed by atoms with Crippen molar-refractivity contribution in [3.63, 3.8) is 0 Å². The molecule has 2 heterocycles. The highest BCUT2D eigenvalue weighted by Crippen LogP contribution is 2.55. The summed E-state index contributed by atoms with van der Waals surface area (Å²) in [6.07, 6.45) is 2.84. The zero-order valence-electron chi connectivity index (χ0n) is 16.8. The number of methoxy groups -OCH3 is 3. The molecule has 0 aromatic heterocycles. The van der Waals surface area contributed by atoms with Crippen molar-refractivity contribution in [3.05, 3.63) is 0 Å². The molecule has 0 aliphatic carbocycles. The molecule has 0 saturated carbocycles. The molecule has 0 N–H and O–H groups in total. The van der Waals surface area contributed by atoms with Crippen molar-refractivity contribution >= 4 is 12.1 Å². The van der Waals surface area contributed by atoms with Crippen LogP contribution in [0.2, 0.25) is 0 Å². The van der Waals surface area contributed by atoms with Gasteiger partial charge in [0.1, 0.15) is 20.2 Å². The third-order valence-corrected chi connectivity index (χ3v) is 5.49. The van der Waals surface area contributed by atoms with E-state index in [1.807, 2.05) is 6.92 Å². The molecule has 2 aliphatic rings. The minimum Gasteiger partial charge on any atom is -0.364 e. The molecule has 0 bridgehead atoms. The molecule has 9 nitrogen and oxygen atoms in total. The average molecular weight is 372 g/mol. The average Bonchev–Trinajstić information content (AvgIpc) is 2.91. The third-order valence-electron chi connectivity index (χ3n) is 5.49. The molecule has 2 atom stereocenters. The lowest BCUT2D eigenvalue weighted by Crippen LogP contribution is -2.68. The summed E-state index contributed by atoms with van der Waals surface area (Å²) in [6, 6.07) is -0.362. The Balaban J connectivity index is 2.76. The Kier molecular flexibility index (Phi) is 6.36. The summed E-state index contributed by atoms with van der Waals surface area (Å²) in [7, 11) is 6.41. The van der Waals surface area contributed by atoms with Crippen LogP contribution < -0.4 is 0 Å². The quantitative estimate of drug-likeness (QED) is 0.585. The summed E-state index contributed by atoms with van der Waals surface area (Å²) >= 11 is 0. The summed E-state index contributed by atoms with van der Waals surface area (Å²) < 4.78 is 16.1. The van der Waals surface area contributed by atoms with Gasteiger partial charge in [-0.25, -0.2) is 9.59 Å². The lowest BCUT2D eigenvalue weighted by Gasteiger charge is -2.49. The maximum absolute atomic E-state index is 13.3. The standard InChI is InChI=1S/C17H32N4O5/c1-7-9-16-17(10-8-2,19(11-24-4)14(22)18(16)3)21(13-26-6)15(23)20(16)12-25-5/h7-13H2,1-6H3. The summed E-state index contributed by atoms with van der Waals surface area (Å²) in [5.74, 6) is 0. The van der Waals surface area contributed by atoms with E-state index in [2.05, 4.69) is 6.92 Å². The minimum absolute atomic E-state index is 0.0891. The van der Waals surface area contributed by atoms with Crippen LogP contribution in [0.1, 0.15) is 39.5 Å². The van der Waals surface area contributed by atoms with E-state index in [1.54, 1.807) is 48.0 Å². The minimum atomic E-state index is -0.884. The van der Waals surface area contributed by atoms with Gasteiger partial charge in [0.25, 0.3) is 0 Å². The second-order valence-electron chi connectivity index (χ2n) is 6.79. The first-order valence-electron chi connectivity index (χ1n) is 9.06. The molecule has 150 valence electrons. The maximum Gasteiger partial charge on any atom is 0.327 e. The lowest BCUT2D eigenvalue weighted by molar-refractivity contribution is -0.125. The number of ether oxygens (including phenoxy) is 3.